The van der Waals surface area contributed by atoms with E-state index in [9.17, 15) is 4.79 Å². The molecule has 2 aliphatic heterocycles. The Bertz CT molecular complexity index is 746. The Hall–Kier alpha value is -2.05. The van der Waals surface area contributed by atoms with Gasteiger partial charge < -0.3 is 14.4 Å². The lowest BCUT2D eigenvalue weighted by molar-refractivity contribution is -0.181. The lowest BCUT2D eigenvalue weighted by Gasteiger charge is -2.37. The van der Waals surface area contributed by atoms with Gasteiger partial charge in [0, 0.05) is 31.3 Å². The summed E-state index contributed by atoms with van der Waals surface area (Å²) in [6.07, 6.45) is 1.42. The van der Waals surface area contributed by atoms with E-state index in [2.05, 4.69) is 9.97 Å². The summed E-state index contributed by atoms with van der Waals surface area (Å²) in [7, 11) is 0. The van der Waals surface area contributed by atoms with E-state index in [0.717, 1.165) is 10.9 Å². The monoisotopic (exact) mass is 313 g/mol. The van der Waals surface area contributed by atoms with E-state index < -0.39 is 5.79 Å². The van der Waals surface area contributed by atoms with Crippen LogP contribution in [-0.4, -0.2) is 52.9 Å². The van der Waals surface area contributed by atoms with Crippen LogP contribution in [0.25, 0.3) is 10.9 Å². The molecule has 4 rings (SSSR count). The number of carbonyl (C=O) groups excluding carboxylic acids is 1. The number of amides is 1. The van der Waals surface area contributed by atoms with Gasteiger partial charge >= 0.3 is 0 Å². The first-order valence-corrected chi connectivity index (χ1v) is 7.97. The molecule has 0 atom stereocenters. The van der Waals surface area contributed by atoms with Gasteiger partial charge in [0.15, 0.2) is 5.79 Å². The minimum atomic E-state index is -0.472. The molecule has 0 bridgehead atoms. The van der Waals surface area contributed by atoms with Crippen molar-refractivity contribution in [1.82, 2.24) is 14.9 Å². The number of likely N-dealkylation sites (tertiary alicyclic amines) is 1. The first-order valence-electron chi connectivity index (χ1n) is 7.97. The molecule has 1 aromatic heterocycles. The molecule has 0 radical (unpaired) electrons. The molecule has 1 aromatic carbocycles. The highest BCUT2D eigenvalue weighted by Crippen LogP contribution is 2.32. The highest BCUT2D eigenvalue weighted by Gasteiger charge is 2.41. The zero-order valence-electron chi connectivity index (χ0n) is 13.1. The highest BCUT2D eigenvalue weighted by molar-refractivity contribution is 6.04. The van der Waals surface area contributed by atoms with Crippen molar-refractivity contribution in [3.63, 3.8) is 0 Å². The molecule has 3 heterocycles. The van der Waals surface area contributed by atoms with Gasteiger partial charge in [0.25, 0.3) is 5.91 Å². The van der Waals surface area contributed by atoms with Gasteiger partial charge in [-0.25, -0.2) is 9.97 Å². The number of nitrogens with zero attached hydrogens (tertiary/aromatic N) is 3. The van der Waals surface area contributed by atoms with Gasteiger partial charge in [0.2, 0.25) is 0 Å². The predicted octanol–water partition coefficient (Wildman–Crippen LogP) is 1.92. The molecule has 23 heavy (non-hydrogen) atoms. The quantitative estimate of drug-likeness (QED) is 0.805. The van der Waals surface area contributed by atoms with Crippen LogP contribution in [0, 0.1) is 6.92 Å². The van der Waals surface area contributed by atoms with Crippen molar-refractivity contribution in [2.24, 2.45) is 0 Å². The fraction of sp³-hybridized carbons (Fsp3) is 0.471. The van der Waals surface area contributed by atoms with E-state index in [1.807, 2.05) is 36.1 Å². The first kappa shape index (κ1) is 14.5. The molecular formula is C17H19N3O3. The number of aromatic nitrogens is 2. The molecule has 2 aromatic rings. The third-order valence-electron chi connectivity index (χ3n) is 4.54. The van der Waals surface area contributed by atoms with E-state index in [1.54, 1.807) is 0 Å². The van der Waals surface area contributed by atoms with Crippen molar-refractivity contribution in [2.45, 2.75) is 25.6 Å². The number of hydrogen-bond acceptors (Lipinski definition) is 5. The Morgan fingerprint density at radius 2 is 1.83 bits per heavy atom. The molecule has 0 saturated carbocycles. The number of aryl methyl sites for hydroxylation is 1. The van der Waals surface area contributed by atoms with E-state index in [-0.39, 0.29) is 5.91 Å². The number of fused-ring (bicyclic) bond motifs is 1. The van der Waals surface area contributed by atoms with Crippen LogP contribution in [0.5, 0.6) is 0 Å². The zero-order valence-corrected chi connectivity index (χ0v) is 13.1. The van der Waals surface area contributed by atoms with Crippen molar-refractivity contribution >= 4 is 16.8 Å². The lowest BCUT2D eigenvalue weighted by atomic mass is 10.0. The van der Waals surface area contributed by atoms with Crippen LogP contribution >= 0.6 is 0 Å². The summed E-state index contributed by atoms with van der Waals surface area (Å²) in [5.41, 5.74) is 1.29. The summed E-state index contributed by atoms with van der Waals surface area (Å²) >= 11 is 0. The maximum absolute atomic E-state index is 12.9. The molecular weight excluding hydrogens is 294 g/mol. The van der Waals surface area contributed by atoms with Crippen LogP contribution in [-0.2, 0) is 9.47 Å². The van der Waals surface area contributed by atoms with Crippen molar-refractivity contribution in [2.75, 3.05) is 26.3 Å². The van der Waals surface area contributed by atoms with Crippen molar-refractivity contribution in [1.29, 1.82) is 0 Å². The number of rotatable bonds is 1. The van der Waals surface area contributed by atoms with Gasteiger partial charge in [-0.05, 0) is 13.0 Å². The molecule has 1 amide bonds. The van der Waals surface area contributed by atoms with Gasteiger partial charge in [0.05, 0.1) is 18.7 Å². The van der Waals surface area contributed by atoms with Crippen LogP contribution in [0.4, 0.5) is 0 Å². The second kappa shape index (κ2) is 5.54. The summed E-state index contributed by atoms with van der Waals surface area (Å²) in [4.78, 5) is 23.6. The standard InChI is InChI=1S/C17H19N3O3/c1-12-18-14-5-3-2-4-13(14)15(19-12)16(21)20-8-6-17(7-9-20)22-10-11-23-17/h2-5H,6-11H2,1H3. The second-order valence-electron chi connectivity index (χ2n) is 6.04. The van der Waals surface area contributed by atoms with Crippen LogP contribution in [0.15, 0.2) is 24.3 Å². The van der Waals surface area contributed by atoms with Crippen LogP contribution in [0.1, 0.15) is 29.2 Å². The molecule has 2 fully saturated rings. The maximum atomic E-state index is 12.9. The molecule has 120 valence electrons. The zero-order chi connectivity index (χ0) is 15.9. The van der Waals surface area contributed by atoms with E-state index in [1.165, 1.54) is 0 Å². The van der Waals surface area contributed by atoms with Gasteiger partial charge in [-0.2, -0.15) is 0 Å². The van der Waals surface area contributed by atoms with E-state index in [0.29, 0.717) is 50.7 Å². The smallest absolute Gasteiger partial charge is 0.273 e. The molecule has 0 unspecified atom stereocenters. The van der Waals surface area contributed by atoms with Crippen LogP contribution in [0.2, 0.25) is 0 Å². The Kier molecular flexibility index (Phi) is 3.50. The number of hydrogen-bond donors (Lipinski definition) is 0. The number of benzene rings is 1. The molecule has 1 spiro atoms. The molecule has 6 nitrogen and oxygen atoms in total. The van der Waals surface area contributed by atoms with Crippen LogP contribution in [0.3, 0.4) is 0 Å². The Labute approximate surface area is 134 Å². The summed E-state index contributed by atoms with van der Waals surface area (Å²) in [6, 6.07) is 7.63. The molecule has 0 N–H and O–H groups in total. The van der Waals surface area contributed by atoms with Crippen molar-refractivity contribution in [3.05, 3.63) is 35.8 Å². The Morgan fingerprint density at radius 3 is 2.57 bits per heavy atom. The normalized spacial score (nSPS) is 20.3. The van der Waals surface area contributed by atoms with Crippen LogP contribution < -0.4 is 0 Å². The number of para-hydroxylation sites is 1. The van der Waals surface area contributed by atoms with Crippen molar-refractivity contribution in [3.8, 4) is 0 Å². The summed E-state index contributed by atoms with van der Waals surface area (Å²) in [5, 5.41) is 0.803. The second-order valence-corrected chi connectivity index (χ2v) is 6.04. The fourth-order valence-corrected chi connectivity index (χ4v) is 3.34. The summed E-state index contributed by atoms with van der Waals surface area (Å²) < 4.78 is 11.4. The summed E-state index contributed by atoms with van der Waals surface area (Å²) in [5.74, 6) is 0.100. The van der Waals surface area contributed by atoms with Gasteiger partial charge in [-0.15, -0.1) is 0 Å². The Morgan fingerprint density at radius 1 is 1.13 bits per heavy atom. The molecule has 6 heteroatoms. The fourth-order valence-electron chi connectivity index (χ4n) is 3.34. The number of piperidine rings is 1. The highest BCUT2D eigenvalue weighted by atomic mass is 16.7. The number of carbonyl (C=O) groups is 1. The van der Waals surface area contributed by atoms with E-state index >= 15 is 0 Å². The maximum Gasteiger partial charge on any atom is 0.273 e. The summed E-state index contributed by atoms with van der Waals surface area (Å²) in [6.45, 7) is 4.34. The first-order chi connectivity index (χ1) is 11.2. The van der Waals surface area contributed by atoms with Gasteiger partial charge in [0.1, 0.15) is 11.5 Å². The van der Waals surface area contributed by atoms with E-state index in [4.69, 9.17) is 9.47 Å². The lowest BCUT2D eigenvalue weighted by Crippen LogP contribution is -2.47. The Balaban J connectivity index is 1.60. The molecule has 2 aliphatic rings. The van der Waals surface area contributed by atoms with Gasteiger partial charge in [-0.3, -0.25) is 4.79 Å². The van der Waals surface area contributed by atoms with Crippen molar-refractivity contribution < 1.29 is 14.3 Å². The largest absolute Gasteiger partial charge is 0.347 e. The average molecular weight is 313 g/mol. The molecule has 0 aliphatic carbocycles. The topological polar surface area (TPSA) is 64.6 Å². The predicted molar refractivity (Wildman–Crippen MR) is 84.0 cm³/mol. The minimum Gasteiger partial charge on any atom is -0.347 e. The van der Waals surface area contributed by atoms with Gasteiger partial charge in [-0.1, -0.05) is 18.2 Å². The third kappa shape index (κ3) is 2.58. The number of ether oxygens (including phenoxy) is 2. The minimum absolute atomic E-state index is 0.0421. The SMILES string of the molecule is Cc1nc(C(=O)N2CCC3(CC2)OCCO3)c2ccccc2n1. The average Bonchev–Trinajstić information content (AvgIpc) is 3.02. The third-order valence-corrected chi connectivity index (χ3v) is 4.54. The molecule has 2 saturated heterocycles.